The monoisotopic (exact) mass is 354 g/mol. The fourth-order valence-electron chi connectivity index (χ4n) is 3.18. The topological polar surface area (TPSA) is 79.0 Å². The molecule has 0 aliphatic carbocycles. The molecule has 3 rings (SSSR count). The Bertz CT molecular complexity index is 697. The van der Waals surface area contributed by atoms with Gasteiger partial charge in [-0.05, 0) is 36.6 Å². The van der Waals surface area contributed by atoms with E-state index in [1.165, 1.54) is 12.1 Å². The minimum atomic E-state index is -2.87. The van der Waals surface area contributed by atoms with Crippen molar-refractivity contribution in [3.63, 3.8) is 0 Å². The van der Waals surface area contributed by atoms with E-state index in [0.717, 1.165) is 31.9 Å². The molecule has 6 nitrogen and oxygen atoms in total. The van der Waals surface area contributed by atoms with Gasteiger partial charge in [-0.25, -0.2) is 12.8 Å². The van der Waals surface area contributed by atoms with Crippen LogP contribution in [0.1, 0.15) is 6.42 Å². The van der Waals surface area contributed by atoms with Gasteiger partial charge in [-0.15, -0.1) is 0 Å². The largest absolute Gasteiger partial charge is 0.370 e. The summed E-state index contributed by atoms with van der Waals surface area (Å²) in [5, 5.41) is 0. The van der Waals surface area contributed by atoms with Gasteiger partial charge < -0.3 is 15.5 Å². The molecule has 1 aromatic rings. The highest BCUT2D eigenvalue weighted by Gasteiger charge is 2.27. The molecule has 1 atom stereocenters. The van der Waals surface area contributed by atoms with Crippen LogP contribution in [0.15, 0.2) is 29.3 Å². The Morgan fingerprint density at radius 2 is 1.88 bits per heavy atom. The lowest BCUT2D eigenvalue weighted by Gasteiger charge is -2.36. The van der Waals surface area contributed by atoms with Crippen LogP contribution in [0.2, 0.25) is 0 Å². The van der Waals surface area contributed by atoms with Crippen molar-refractivity contribution in [2.24, 2.45) is 16.6 Å². The minimum Gasteiger partial charge on any atom is -0.370 e. The molecule has 0 bridgehead atoms. The highest BCUT2D eigenvalue weighted by Crippen LogP contribution is 2.19. The van der Waals surface area contributed by atoms with Gasteiger partial charge in [0.2, 0.25) is 0 Å². The van der Waals surface area contributed by atoms with Crippen molar-refractivity contribution in [2.45, 2.75) is 6.42 Å². The highest BCUT2D eigenvalue weighted by atomic mass is 32.2. The van der Waals surface area contributed by atoms with Crippen LogP contribution in [0.5, 0.6) is 0 Å². The number of sulfone groups is 1. The van der Waals surface area contributed by atoms with Gasteiger partial charge in [0.05, 0.1) is 11.5 Å². The minimum absolute atomic E-state index is 0.0917. The molecule has 0 aromatic heterocycles. The van der Waals surface area contributed by atoms with Crippen molar-refractivity contribution in [1.29, 1.82) is 0 Å². The zero-order valence-corrected chi connectivity index (χ0v) is 14.4. The normalized spacial score (nSPS) is 24.4. The number of piperazine rings is 1. The van der Waals surface area contributed by atoms with Crippen LogP contribution in [-0.4, -0.2) is 63.5 Å². The third kappa shape index (κ3) is 4.17. The second-order valence-electron chi connectivity index (χ2n) is 6.42. The number of nitrogens with zero attached hydrogens (tertiary/aromatic N) is 3. The zero-order chi connectivity index (χ0) is 17.2. The summed E-state index contributed by atoms with van der Waals surface area (Å²) in [7, 11) is -2.87. The van der Waals surface area contributed by atoms with Crippen LogP contribution >= 0.6 is 0 Å². The predicted molar refractivity (Wildman–Crippen MR) is 93.4 cm³/mol. The number of hydrogen-bond donors (Lipinski definition) is 1. The Hall–Kier alpha value is -1.83. The van der Waals surface area contributed by atoms with Gasteiger partial charge in [-0.3, -0.25) is 4.99 Å². The molecular weight excluding hydrogens is 331 g/mol. The van der Waals surface area contributed by atoms with Gasteiger partial charge in [0, 0.05) is 38.4 Å². The Balaban J connectivity index is 1.50. The summed E-state index contributed by atoms with van der Waals surface area (Å²) >= 11 is 0. The predicted octanol–water partition coefficient (Wildman–Crippen LogP) is 0.697. The summed E-state index contributed by atoms with van der Waals surface area (Å²) < 4.78 is 35.9. The fourth-order valence-corrected chi connectivity index (χ4v) is 5.03. The van der Waals surface area contributed by atoms with E-state index in [1.54, 1.807) is 12.1 Å². The molecule has 2 N–H and O–H groups in total. The molecule has 2 saturated heterocycles. The van der Waals surface area contributed by atoms with Gasteiger partial charge in [0.15, 0.2) is 15.8 Å². The molecule has 8 heteroatoms. The lowest BCUT2D eigenvalue weighted by molar-refractivity contribution is 0.379. The van der Waals surface area contributed by atoms with Crippen LogP contribution in [0.25, 0.3) is 0 Å². The molecular formula is C16H23FN4O2S. The number of anilines is 1. The molecule has 2 aliphatic heterocycles. The van der Waals surface area contributed by atoms with Crippen molar-refractivity contribution in [2.75, 3.05) is 49.1 Å². The van der Waals surface area contributed by atoms with E-state index in [2.05, 4.69) is 9.89 Å². The third-order valence-electron chi connectivity index (χ3n) is 4.63. The summed E-state index contributed by atoms with van der Waals surface area (Å²) in [6.45, 7) is 3.55. The quantitative estimate of drug-likeness (QED) is 0.638. The van der Waals surface area contributed by atoms with Crippen LogP contribution in [0.3, 0.4) is 0 Å². The lowest BCUT2D eigenvalue weighted by Crippen LogP contribution is -2.51. The van der Waals surface area contributed by atoms with Gasteiger partial charge in [-0.1, -0.05) is 0 Å². The Labute approximate surface area is 142 Å². The van der Waals surface area contributed by atoms with E-state index in [1.807, 2.05) is 4.90 Å². The maximum absolute atomic E-state index is 13.0. The van der Waals surface area contributed by atoms with Crippen LogP contribution in [0, 0.1) is 11.7 Å². The van der Waals surface area contributed by atoms with E-state index in [-0.39, 0.29) is 23.2 Å². The van der Waals surface area contributed by atoms with Crippen LogP contribution in [0.4, 0.5) is 10.1 Å². The Kier molecular flexibility index (Phi) is 4.93. The number of aliphatic imine (C=N–C) groups is 1. The average molecular weight is 354 g/mol. The molecule has 132 valence electrons. The molecule has 0 spiro atoms. The summed E-state index contributed by atoms with van der Waals surface area (Å²) in [5.41, 5.74) is 7.06. The summed E-state index contributed by atoms with van der Waals surface area (Å²) in [5.74, 6) is 0.834. The summed E-state index contributed by atoms with van der Waals surface area (Å²) in [6.07, 6.45) is 0.678. The van der Waals surface area contributed by atoms with E-state index in [9.17, 15) is 12.8 Å². The summed E-state index contributed by atoms with van der Waals surface area (Å²) in [4.78, 5) is 8.60. The Morgan fingerprint density at radius 3 is 2.46 bits per heavy atom. The van der Waals surface area contributed by atoms with E-state index in [0.29, 0.717) is 18.9 Å². The van der Waals surface area contributed by atoms with E-state index in [4.69, 9.17) is 5.73 Å². The second-order valence-corrected chi connectivity index (χ2v) is 8.65. The number of halogens is 1. The smallest absolute Gasteiger partial charge is 0.191 e. The van der Waals surface area contributed by atoms with Gasteiger partial charge in [0.25, 0.3) is 0 Å². The molecule has 0 radical (unpaired) electrons. The lowest BCUT2D eigenvalue weighted by atomic mass is 10.1. The fraction of sp³-hybridized carbons (Fsp3) is 0.562. The molecule has 2 heterocycles. The van der Waals surface area contributed by atoms with Crippen LogP contribution < -0.4 is 10.6 Å². The maximum atomic E-state index is 13.0. The number of guanidine groups is 1. The molecule has 1 unspecified atom stereocenters. The maximum Gasteiger partial charge on any atom is 0.191 e. The van der Waals surface area contributed by atoms with E-state index < -0.39 is 9.84 Å². The second kappa shape index (κ2) is 6.96. The first-order valence-corrected chi connectivity index (χ1v) is 10.0. The molecule has 2 aliphatic rings. The highest BCUT2D eigenvalue weighted by molar-refractivity contribution is 7.91. The molecule has 2 fully saturated rings. The number of rotatable bonds is 3. The number of benzene rings is 1. The standard InChI is InChI=1S/C16H23FN4O2S/c17-14-1-3-15(4-2-14)20-6-8-21(9-7-20)16(18)19-11-13-5-10-24(22,23)12-13/h1-4,13H,5-12H2,(H2,18,19). The van der Waals surface area contributed by atoms with Crippen molar-refractivity contribution in [1.82, 2.24) is 4.90 Å². The van der Waals surface area contributed by atoms with Crippen molar-refractivity contribution in [3.8, 4) is 0 Å². The molecule has 1 aromatic carbocycles. The Morgan fingerprint density at radius 1 is 1.21 bits per heavy atom. The van der Waals surface area contributed by atoms with Gasteiger partial charge in [0.1, 0.15) is 5.82 Å². The molecule has 24 heavy (non-hydrogen) atoms. The van der Waals surface area contributed by atoms with Crippen molar-refractivity contribution in [3.05, 3.63) is 30.1 Å². The first-order chi connectivity index (χ1) is 11.4. The van der Waals surface area contributed by atoms with Crippen molar-refractivity contribution < 1.29 is 12.8 Å². The molecule has 0 saturated carbocycles. The van der Waals surface area contributed by atoms with Crippen LogP contribution in [-0.2, 0) is 9.84 Å². The third-order valence-corrected chi connectivity index (χ3v) is 6.47. The van der Waals surface area contributed by atoms with Gasteiger partial charge in [-0.2, -0.15) is 0 Å². The first-order valence-electron chi connectivity index (χ1n) is 8.19. The first kappa shape index (κ1) is 17.0. The number of nitrogens with two attached hydrogens (primary N) is 1. The average Bonchev–Trinajstić information content (AvgIpc) is 2.93. The summed E-state index contributed by atoms with van der Waals surface area (Å²) in [6, 6.07) is 6.49. The van der Waals surface area contributed by atoms with E-state index >= 15 is 0 Å². The molecule has 0 amide bonds. The van der Waals surface area contributed by atoms with Gasteiger partial charge >= 0.3 is 0 Å². The number of hydrogen-bond acceptors (Lipinski definition) is 4. The zero-order valence-electron chi connectivity index (χ0n) is 13.6. The SMILES string of the molecule is NC(=NCC1CCS(=O)(=O)C1)N1CCN(c2ccc(F)cc2)CC1. The van der Waals surface area contributed by atoms with Crippen molar-refractivity contribution >= 4 is 21.5 Å².